The summed E-state index contributed by atoms with van der Waals surface area (Å²) in [5, 5.41) is 11.8. The summed E-state index contributed by atoms with van der Waals surface area (Å²) in [5.74, 6) is 2.83. The van der Waals surface area contributed by atoms with Crippen molar-refractivity contribution in [3.63, 3.8) is 0 Å². The number of aromatic nitrogens is 3. The number of aryl methyl sites for hydroxylation is 2. The molecule has 0 saturated heterocycles. The van der Waals surface area contributed by atoms with E-state index in [-0.39, 0.29) is 12.6 Å². The second-order valence-electron chi connectivity index (χ2n) is 7.94. The Hall–Kier alpha value is -3.55. The van der Waals surface area contributed by atoms with Gasteiger partial charge in [-0.1, -0.05) is 18.6 Å². The molecule has 32 heavy (non-hydrogen) atoms. The highest BCUT2D eigenvalue weighted by molar-refractivity contribution is 6.00. The lowest BCUT2D eigenvalue weighted by Crippen LogP contribution is -2.36. The lowest BCUT2D eigenvalue weighted by atomic mass is 10.1. The Kier molecular flexibility index (Phi) is 6.58. The molecule has 1 aromatic heterocycles. The van der Waals surface area contributed by atoms with Crippen LogP contribution in [0.3, 0.4) is 0 Å². The molecular weight excluding hydrogens is 406 g/mol. The largest absolute Gasteiger partial charge is 0.497 e. The zero-order chi connectivity index (χ0) is 22.5. The molecule has 1 N–H and O–H groups in total. The molecule has 2 aromatic carbocycles. The van der Waals surface area contributed by atoms with Gasteiger partial charge in [-0.2, -0.15) is 0 Å². The van der Waals surface area contributed by atoms with E-state index >= 15 is 0 Å². The van der Waals surface area contributed by atoms with E-state index in [0.717, 1.165) is 54.9 Å². The highest BCUT2D eigenvalue weighted by Gasteiger charge is 2.26. The number of methoxy groups -OCH3 is 2. The van der Waals surface area contributed by atoms with Gasteiger partial charge in [-0.15, -0.1) is 10.2 Å². The Labute approximate surface area is 188 Å². The monoisotopic (exact) mass is 435 g/mol. The zero-order valence-corrected chi connectivity index (χ0v) is 18.8. The SMILES string of the molecule is COc1ccc(OC)c(CN(C(=O)Nc2cccc(C)c2)c2nnc3n2CCCCC3)c1. The van der Waals surface area contributed by atoms with Crippen molar-refractivity contribution in [2.75, 3.05) is 24.4 Å². The maximum atomic E-state index is 13.5. The summed E-state index contributed by atoms with van der Waals surface area (Å²) in [6.45, 7) is 3.05. The molecule has 1 aliphatic rings. The van der Waals surface area contributed by atoms with Crippen LogP contribution in [0.4, 0.5) is 16.4 Å². The van der Waals surface area contributed by atoms with Crippen LogP contribution in [0, 0.1) is 6.92 Å². The van der Waals surface area contributed by atoms with Crippen LogP contribution in [0.2, 0.25) is 0 Å². The van der Waals surface area contributed by atoms with Crippen molar-refractivity contribution in [2.45, 2.75) is 45.7 Å². The van der Waals surface area contributed by atoms with Gasteiger partial charge in [0.25, 0.3) is 0 Å². The fourth-order valence-electron chi connectivity index (χ4n) is 3.99. The molecule has 0 saturated carbocycles. The molecular formula is C24H29N5O3. The highest BCUT2D eigenvalue weighted by Crippen LogP contribution is 2.28. The van der Waals surface area contributed by atoms with Crippen molar-refractivity contribution in [2.24, 2.45) is 0 Å². The van der Waals surface area contributed by atoms with Gasteiger partial charge in [0.15, 0.2) is 0 Å². The van der Waals surface area contributed by atoms with E-state index in [0.29, 0.717) is 17.4 Å². The van der Waals surface area contributed by atoms with Crippen molar-refractivity contribution in [1.29, 1.82) is 0 Å². The molecule has 4 rings (SSSR count). The normalized spacial score (nSPS) is 13.1. The third kappa shape index (κ3) is 4.69. The Morgan fingerprint density at radius 2 is 1.97 bits per heavy atom. The van der Waals surface area contributed by atoms with Crippen molar-refractivity contribution >= 4 is 17.7 Å². The van der Waals surface area contributed by atoms with Gasteiger partial charge >= 0.3 is 6.03 Å². The summed E-state index contributed by atoms with van der Waals surface area (Å²) in [7, 11) is 3.23. The van der Waals surface area contributed by atoms with Gasteiger partial charge in [0.05, 0.1) is 20.8 Å². The van der Waals surface area contributed by atoms with Gasteiger partial charge in [0.2, 0.25) is 5.95 Å². The quantitative estimate of drug-likeness (QED) is 0.613. The Morgan fingerprint density at radius 1 is 1.09 bits per heavy atom. The van der Waals surface area contributed by atoms with Gasteiger partial charge in [-0.3, -0.25) is 9.47 Å². The Bertz CT molecular complexity index is 1090. The first-order valence-electron chi connectivity index (χ1n) is 10.9. The first kappa shape index (κ1) is 21.7. The number of nitrogens with one attached hydrogen (secondary N) is 1. The number of rotatable bonds is 6. The molecule has 3 aromatic rings. The van der Waals surface area contributed by atoms with Crippen molar-refractivity contribution in [3.8, 4) is 11.5 Å². The average Bonchev–Trinajstić information content (AvgIpc) is 3.04. The molecule has 0 spiro atoms. The Morgan fingerprint density at radius 3 is 2.75 bits per heavy atom. The number of benzene rings is 2. The number of hydrogen-bond acceptors (Lipinski definition) is 5. The topological polar surface area (TPSA) is 81.5 Å². The summed E-state index contributed by atoms with van der Waals surface area (Å²) < 4.78 is 13.0. The molecule has 0 atom stereocenters. The predicted molar refractivity (Wildman–Crippen MR) is 124 cm³/mol. The molecule has 0 aliphatic carbocycles. The van der Waals surface area contributed by atoms with Gasteiger partial charge in [0, 0.05) is 24.2 Å². The van der Waals surface area contributed by atoms with Gasteiger partial charge < -0.3 is 14.8 Å². The smallest absolute Gasteiger partial charge is 0.329 e. The minimum Gasteiger partial charge on any atom is -0.497 e. The van der Waals surface area contributed by atoms with E-state index < -0.39 is 0 Å². The van der Waals surface area contributed by atoms with Crippen LogP contribution in [-0.4, -0.2) is 35.0 Å². The van der Waals surface area contributed by atoms with Crippen molar-refractivity contribution < 1.29 is 14.3 Å². The number of carbonyl (C=O) groups is 1. The number of hydrogen-bond donors (Lipinski definition) is 1. The van der Waals surface area contributed by atoms with Crippen LogP contribution in [0.25, 0.3) is 0 Å². The predicted octanol–water partition coefficient (Wildman–Crippen LogP) is 4.57. The van der Waals surface area contributed by atoms with E-state index in [2.05, 4.69) is 20.1 Å². The lowest BCUT2D eigenvalue weighted by molar-refractivity contribution is 0.256. The second-order valence-corrected chi connectivity index (χ2v) is 7.94. The summed E-state index contributed by atoms with van der Waals surface area (Å²) in [4.78, 5) is 15.1. The molecule has 8 heteroatoms. The second kappa shape index (κ2) is 9.72. The van der Waals surface area contributed by atoms with Crippen LogP contribution in [0.1, 0.15) is 36.2 Å². The molecule has 168 valence electrons. The van der Waals surface area contributed by atoms with Gasteiger partial charge in [0.1, 0.15) is 17.3 Å². The zero-order valence-electron chi connectivity index (χ0n) is 18.8. The number of anilines is 2. The van der Waals surface area contributed by atoms with Crippen molar-refractivity contribution in [3.05, 3.63) is 59.4 Å². The summed E-state index contributed by atoms with van der Waals surface area (Å²) in [6, 6.07) is 13.0. The van der Waals surface area contributed by atoms with Crippen LogP contribution in [0.15, 0.2) is 42.5 Å². The average molecular weight is 436 g/mol. The Balaban J connectivity index is 1.72. The molecule has 0 fully saturated rings. The number of amides is 2. The van der Waals surface area contributed by atoms with Crippen LogP contribution in [0.5, 0.6) is 11.5 Å². The minimum absolute atomic E-state index is 0.260. The summed E-state index contributed by atoms with van der Waals surface area (Å²) >= 11 is 0. The van der Waals surface area contributed by atoms with Crippen LogP contribution >= 0.6 is 0 Å². The van der Waals surface area contributed by atoms with E-state index in [4.69, 9.17) is 9.47 Å². The molecule has 2 amide bonds. The number of fused-ring (bicyclic) bond motifs is 1. The maximum Gasteiger partial charge on any atom is 0.329 e. The van der Waals surface area contributed by atoms with E-state index in [1.54, 1.807) is 19.1 Å². The maximum absolute atomic E-state index is 13.5. The standard InChI is InChI=1S/C24H29N5O3/c1-17-8-7-9-19(14-17)25-24(30)29(16-18-15-20(31-2)11-12-21(18)32-3)23-27-26-22-10-5-4-6-13-28(22)23/h7-9,11-12,14-15H,4-6,10,13,16H2,1-3H3,(H,25,30). The van der Waals surface area contributed by atoms with Crippen molar-refractivity contribution in [1.82, 2.24) is 14.8 Å². The van der Waals surface area contributed by atoms with Gasteiger partial charge in [-0.05, 0) is 55.7 Å². The summed E-state index contributed by atoms with van der Waals surface area (Å²) in [5.41, 5.74) is 2.62. The minimum atomic E-state index is -0.278. The molecule has 8 nitrogen and oxygen atoms in total. The first-order chi connectivity index (χ1) is 15.6. The first-order valence-corrected chi connectivity index (χ1v) is 10.9. The fraction of sp³-hybridized carbons (Fsp3) is 0.375. The number of urea groups is 1. The number of ether oxygens (including phenoxy) is 2. The van der Waals surface area contributed by atoms with Crippen LogP contribution in [-0.2, 0) is 19.5 Å². The third-order valence-corrected chi connectivity index (χ3v) is 5.66. The lowest BCUT2D eigenvalue weighted by Gasteiger charge is -2.24. The molecule has 2 heterocycles. The van der Waals surface area contributed by atoms with Crippen LogP contribution < -0.4 is 19.7 Å². The highest BCUT2D eigenvalue weighted by atomic mass is 16.5. The van der Waals surface area contributed by atoms with E-state index in [1.165, 1.54) is 0 Å². The molecule has 0 radical (unpaired) electrons. The van der Waals surface area contributed by atoms with Gasteiger partial charge in [-0.25, -0.2) is 4.79 Å². The third-order valence-electron chi connectivity index (χ3n) is 5.66. The number of nitrogens with zero attached hydrogens (tertiary/aromatic N) is 4. The molecule has 1 aliphatic heterocycles. The fourth-order valence-corrected chi connectivity index (χ4v) is 3.99. The summed E-state index contributed by atoms with van der Waals surface area (Å²) in [6.07, 6.45) is 4.12. The molecule has 0 unspecified atom stereocenters. The number of carbonyl (C=O) groups excluding carboxylic acids is 1. The van der Waals surface area contributed by atoms with E-state index in [9.17, 15) is 4.79 Å². The molecule has 0 bridgehead atoms. The van der Waals surface area contributed by atoms with E-state index in [1.807, 2.05) is 49.4 Å².